The van der Waals surface area contributed by atoms with Crippen molar-refractivity contribution in [1.82, 2.24) is 0 Å². The van der Waals surface area contributed by atoms with Crippen LogP contribution in [0.25, 0.3) is 0 Å². The lowest BCUT2D eigenvalue weighted by atomic mass is 10.3. The number of benzene rings is 1. The predicted octanol–water partition coefficient (Wildman–Crippen LogP) is 5.95. The third-order valence-electron chi connectivity index (χ3n) is 1.27. The van der Waals surface area contributed by atoms with Gasteiger partial charge in [0, 0.05) is 5.69 Å². The fourth-order valence-electron chi connectivity index (χ4n) is 0.749. The predicted molar refractivity (Wildman–Crippen MR) is 89.4 cm³/mol. The fraction of sp³-hybridized carbons (Fsp3) is 0.455. The molecular formula is C11H18Cl2INS. The first-order chi connectivity index (χ1) is 7.65. The van der Waals surface area contributed by atoms with Crippen LogP contribution in [0, 0.1) is 3.57 Å². The first-order valence-electron chi connectivity index (χ1n) is 5.14. The molecule has 0 spiro atoms. The van der Waals surface area contributed by atoms with Crippen molar-refractivity contribution in [3.05, 3.63) is 25.7 Å². The monoisotopic (exact) mass is 393 g/mol. The maximum absolute atomic E-state index is 5.90. The zero-order valence-corrected chi connectivity index (χ0v) is 14.5. The molecule has 0 amide bonds. The highest BCUT2D eigenvalue weighted by Crippen LogP contribution is 2.29. The van der Waals surface area contributed by atoms with Gasteiger partial charge >= 0.3 is 0 Å². The molecule has 1 rings (SSSR count). The minimum Gasteiger partial charge on any atom is -0.376 e. The van der Waals surface area contributed by atoms with Gasteiger partial charge in [0.05, 0.1) is 19.5 Å². The normalized spacial score (nSPS) is 8.25. The van der Waals surface area contributed by atoms with Crippen LogP contribution < -0.4 is 5.32 Å². The number of anilines is 1. The van der Waals surface area contributed by atoms with Gasteiger partial charge in [0.2, 0.25) is 0 Å². The Bertz CT molecular complexity index is 272. The van der Waals surface area contributed by atoms with Crippen molar-refractivity contribution in [3.8, 4) is 0 Å². The van der Waals surface area contributed by atoms with Gasteiger partial charge in [-0.3, -0.25) is 0 Å². The van der Waals surface area contributed by atoms with Crippen LogP contribution in [0.4, 0.5) is 5.69 Å². The van der Waals surface area contributed by atoms with E-state index in [0.29, 0.717) is 15.9 Å². The highest BCUT2D eigenvalue weighted by atomic mass is 127. The summed E-state index contributed by atoms with van der Waals surface area (Å²) in [4.78, 5) is 0. The van der Waals surface area contributed by atoms with Gasteiger partial charge in [-0.2, -0.15) is 12.6 Å². The Kier molecular flexibility index (Phi) is 14.4. The van der Waals surface area contributed by atoms with E-state index in [9.17, 15) is 0 Å². The van der Waals surface area contributed by atoms with E-state index >= 15 is 0 Å². The Morgan fingerprint density at radius 1 is 1.12 bits per heavy atom. The van der Waals surface area contributed by atoms with Crippen molar-refractivity contribution >= 4 is 64.1 Å². The maximum Gasteiger partial charge on any atom is 0.0581 e. The molecule has 0 saturated carbocycles. The third kappa shape index (κ3) is 7.09. The van der Waals surface area contributed by atoms with Crippen LogP contribution >= 0.6 is 58.4 Å². The van der Waals surface area contributed by atoms with Crippen LogP contribution in [-0.4, -0.2) is 5.88 Å². The quantitative estimate of drug-likeness (QED) is 0.274. The van der Waals surface area contributed by atoms with Crippen molar-refractivity contribution in [2.24, 2.45) is 0 Å². The summed E-state index contributed by atoms with van der Waals surface area (Å²) in [6.07, 6.45) is 0. The van der Waals surface area contributed by atoms with Gasteiger partial charge in [0.15, 0.2) is 0 Å². The summed E-state index contributed by atoms with van der Waals surface area (Å²) < 4.78 is 0.876. The number of thiol groups is 1. The van der Waals surface area contributed by atoms with Gasteiger partial charge in [0.25, 0.3) is 0 Å². The van der Waals surface area contributed by atoms with Crippen molar-refractivity contribution in [2.45, 2.75) is 27.7 Å². The molecule has 0 aromatic heterocycles. The second-order valence-electron chi connectivity index (χ2n) is 2.09. The van der Waals surface area contributed by atoms with Crippen LogP contribution in [0.15, 0.2) is 12.1 Å². The highest BCUT2D eigenvalue weighted by Gasteiger charge is 2.03. The van der Waals surface area contributed by atoms with Gasteiger partial charge < -0.3 is 5.32 Å². The summed E-state index contributed by atoms with van der Waals surface area (Å²) in [5.74, 6) is 0.563. The van der Waals surface area contributed by atoms with E-state index in [1.165, 1.54) is 0 Å². The van der Waals surface area contributed by atoms with E-state index in [4.69, 9.17) is 23.2 Å². The molecular weight excluding hydrogens is 376 g/mol. The Labute approximate surface area is 128 Å². The van der Waals surface area contributed by atoms with Gasteiger partial charge in [-0.15, -0.1) is 0 Å². The molecule has 0 radical (unpaired) electrons. The molecule has 5 heteroatoms. The van der Waals surface area contributed by atoms with E-state index in [-0.39, 0.29) is 0 Å². The first-order valence-corrected chi connectivity index (χ1v) is 7.61. The number of hydrogen-bond acceptors (Lipinski definition) is 2. The summed E-state index contributed by atoms with van der Waals surface area (Å²) in [6, 6.07) is 3.65. The van der Waals surface area contributed by atoms with Gasteiger partial charge in [-0.05, 0) is 34.7 Å². The van der Waals surface area contributed by atoms with E-state index in [1.807, 2.05) is 39.8 Å². The van der Waals surface area contributed by atoms with Crippen molar-refractivity contribution in [1.29, 1.82) is 0 Å². The summed E-state index contributed by atoms with van der Waals surface area (Å²) in [5, 5.41) is 4.33. The summed E-state index contributed by atoms with van der Waals surface area (Å²) in [6.45, 7) is 8.00. The molecule has 1 aromatic rings. The molecule has 0 aliphatic carbocycles. The van der Waals surface area contributed by atoms with E-state index in [0.717, 1.165) is 9.26 Å². The van der Waals surface area contributed by atoms with Crippen molar-refractivity contribution in [3.63, 3.8) is 0 Å². The topological polar surface area (TPSA) is 12.0 Å². The van der Waals surface area contributed by atoms with E-state index < -0.39 is 0 Å². The van der Waals surface area contributed by atoms with Crippen LogP contribution in [0.1, 0.15) is 27.7 Å². The number of rotatable bonds is 2. The zero-order chi connectivity index (χ0) is 13.1. The standard InChI is InChI=1S/C7H6Cl2INS.2C2H6/c8-5-1-4(11-3-12)2-6(9)7(5)10;2*1-2/h1-2,11-12H,3H2;2*1-2H3. The molecule has 0 saturated heterocycles. The SMILES string of the molecule is CC.CC.SCNc1cc(Cl)c(I)c(Cl)c1. The molecule has 0 fully saturated rings. The van der Waals surface area contributed by atoms with Crippen molar-refractivity contribution < 1.29 is 0 Å². The highest BCUT2D eigenvalue weighted by molar-refractivity contribution is 14.1. The average Bonchev–Trinajstić information content (AvgIpc) is 2.31. The number of nitrogens with one attached hydrogen (secondary N) is 1. The van der Waals surface area contributed by atoms with Gasteiger partial charge in [-0.1, -0.05) is 50.9 Å². The van der Waals surface area contributed by atoms with E-state index in [1.54, 1.807) is 0 Å². The molecule has 0 aliphatic heterocycles. The average molecular weight is 394 g/mol. The van der Waals surface area contributed by atoms with E-state index in [2.05, 4.69) is 40.5 Å². The largest absolute Gasteiger partial charge is 0.376 e. The minimum absolute atomic E-state index is 0.563. The smallest absolute Gasteiger partial charge is 0.0581 e. The minimum atomic E-state index is 0.563. The Balaban J connectivity index is 0. The molecule has 0 aliphatic rings. The van der Waals surface area contributed by atoms with Gasteiger partial charge in [-0.25, -0.2) is 0 Å². The first kappa shape index (κ1) is 19.0. The van der Waals surface area contributed by atoms with Crippen molar-refractivity contribution in [2.75, 3.05) is 11.2 Å². The summed E-state index contributed by atoms with van der Waals surface area (Å²) in [5.41, 5.74) is 0.889. The van der Waals surface area contributed by atoms with Crippen LogP contribution in [0.2, 0.25) is 10.0 Å². The molecule has 16 heavy (non-hydrogen) atoms. The van der Waals surface area contributed by atoms with Crippen LogP contribution in [-0.2, 0) is 0 Å². The Hall–Kier alpha value is 0.680. The summed E-state index contributed by atoms with van der Waals surface area (Å²) in [7, 11) is 0. The maximum atomic E-state index is 5.90. The Morgan fingerprint density at radius 2 is 1.50 bits per heavy atom. The molecule has 94 valence electrons. The molecule has 1 nitrogen and oxygen atoms in total. The lowest BCUT2D eigenvalue weighted by Crippen LogP contribution is -1.94. The Morgan fingerprint density at radius 3 is 1.81 bits per heavy atom. The molecule has 0 heterocycles. The second kappa shape index (κ2) is 12.1. The summed E-state index contributed by atoms with van der Waals surface area (Å²) >= 11 is 17.9. The molecule has 0 atom stereocenters. The van der Waals surface area contributed by atoms with Crippen LogP contribution in [0.3, 0.4) is 0 Å². The fourth-order valence-corrected chi connectivity index (χ4v) is 1.73. The molecule has 0 bridgehead atoms. The van der Waals surface area contributed by atoms with Gasteiger partial charge in [0.1, 0.15) is 0 Å². The zero-order valence-electron chi connectivity index (χ0n) is 9.94. The molecule has 1 aromatic carbocycles. The number of halogens is 3. The lowest BCUT2D eigenvalue weighted by molar-refractivity contribution is 1.46. The van der Waals surface area contributed by atoms with Crippen LogP contribution in [0.5, 0.6) is 0 Å². The molecule has 1 N–H and O–H groups in total. The molecule has 0 unspecified atom stereocenters. The lowest BCUT2D eigenvalue weighted by Gasteiger charge is -2.05. The second-order valence-corrected chi connectivity index (χ2v) is 4.30. The number of hydrogen-bond donors (Lipinski definition) is 2. The third-order valence-corrected chi connectivity index (χ3v) is 3.82.